The van der Waals surface area contributed by atoms with Gasteiger partial charge in [0.2, 0.25) is 5.95 Å². The van der Waals surface area contributed by atoms with E-state index >= 15 is 0 Å². The molecule has 5 nitrogen and oxygen atoms in total. The zero-order valence-corrected chi connectivity index (χ0v) is 10.5. The largest absolute Gasteiger partial charge is 0.463 e. The molecule has 2 rings (SSSR count). The molecule has 0 fully saturated rings. The lowest BCUT2D eigenvalue weighted by molar-refractivity contribution is 0.292. The van der Waals surface area contributed by atoms with Gasteiger partial charge in [-0.1, -0.05) is 6.92 Å². The maximum Gasteiger partial charge on any atom is 0.321 e. The average Bonchev–Trinajstić information content (AvgIpc) is 2.40. The van der Waals surface area contributed by atoms with Crippen LogP contribution in [0.25, 0.3) is 11.4 Å². The minimum atomic E-state index is -1.30. The molecule has 0 atom stereocenters. The van der Waals surface area contributed by atoms with Gasteiger partial charge in [0.25, 0.3) is 0 Å². The standard InChI is InChI=1S/C12H11F3N4O/c1-2-3-20-12-18-10(17-11(16)19-12)6-4-8(14)9(15)5-7(6)13/h4-5H,2-3H2,1H3,(H2,16,17,18,19). The van der Waals surface area contributed by atoms with E-state index in [1.807, 2.05) is 6.92 Å². The summed E-state index contributed by atoms with van der Waals surface area (Å²) < 4.78 is 44.9. The van der Waals surface area contributed by atoms with Crippen molar-refractivity contribution in [3.8, 4) is 17.4 Å². The zero-order valence-electron chi connectivity index (χ0n) is 10.5. The lowest BCUT2D eigenvalue weighted by Crippen LogP contribution is -2.06. The van der Waals surface area contributed by atoms with Crippen LogP contribution in [0.5, 0.6) is 6.01 Å². The summed E-state index contributed by atoms with van der Waals surface area (Å²) in [7, 11) is 0. The molecule has 0 amide bonds. The lowest BCUT2D eigenvalue weighted by atomic mass is 10.2. The quantitative estimate of drug-likeness (QED) is 0.872. The van der Waals surface area contributed by atoms with Gasteiger partial charge in [-0.3, -0.25) is 0 Å². The number of hydrogen-bond acceptors (Lipinski definition) is 5. The van der Waals surface area contributed by atoms with Crippen molar-refractivity contribution in [1.29, 1.82) is 0 Å². The number of aromatic nitrogens is 3. The number of benzene rings is 1. The van der Waals surface area contributed by atoms with Crippen LogP contribution >= 0.6 is 0 Å². The van der Waals surface area contributed by atoms with Crippen molar-refractivity contribution < 1.29 is 17.9 Å². The third-order valence-electron chi connectivity index (χ3n) is 2.32. The van der Waals surface area contributed by atoms with Crippen molar-refractivity contribution in [2.75, 3.05) is 12.3 Å². The van der Waals surface area contributed by atoms with Gasteiger partial charge < -0.3 is 10.5 Å². The Morgan fingerprint density at radius 2 is 1.75 bits per heavy atom. The minimum absolute atomic E-state index is 0.0986. The third kappa shape index (κ3) is 2.95. The molecular formula is C12H11F3N4O. The summed E-state index contributed by atoms with van der Waals surface area (Å²) in [5.74, 6) is -3.94. The summed E-state index contributed by atoms with van der Waals surface area (Å²) in [5.41, 5.74) is 5.13. The topological polar surface area (TPSA) is 73.9 Å². The highest BCUT2D eigenvalue weighted by molar-refractivity contribution is 5.57. The SMILES string of the molecule is CCCOc1nc(N)nc(-c2cc(F)c(F)cc2F)n1. The van der Waals surface area contributed by atoms with Crippen LogP contribution in [-0.2, 0) is 0 Å². The summed E-state index contributed by atoms with van der Waals surface area (Å²) in [6.45, 7) is 2.21. The molecule has 1 heterocycles. The Morgan fingerprint density at radius 3 is 2.45 bits per heavy atom. The van der Waals surface area contributed by atoms with E-state index in [9.17, 15) is 13.2 Å². The van der Waals surface area contributed by atoms with E-state index in [0.717, 1.165) is 0 Å². The maximum absolute atomic E-state index is 13.6. The van der Waals surface area contributed by atoms with Gasteiger partial charge in [0, 0.05) is 6.07 Å². The van der Waals surface area contributed by atoms with E-state index in [0.29, 0.717) is 25.2 Å². The molecule has 1 aromatic carbocycles. The van der Waals surface area contributed by atoms with E-state index in [2.05, 4.69) is 15.0 Å². The molecule has 0 saturated heterocycles. The molecule has 20 heavy (non-hydrogen) atoms. The van der Waals surface area contributed by atoms with Crippen molar-refractivity contribution in [3.05, 3.63) is 29.6 Å². The Hall–Kier alpha value is -2.38. The molecule has 2 N–H and O–H groups in total. The average molecular weight is 284 g/mol. The minimum Gasteiger partial charge on any atom is -0.463 e. The second-order valence-corrected chi connectivity index (χ2v) is 3.89. The van der Waals surface area contributed by atoms with Crippen molar-refractivity contribution in [1.82, 2.24) is 15.0 Å². The number of anilines is 1. The van der Waals surface area contributed by atoms with Crippen LogP contribution in [0.2, 0.25) is 0 Å². The van der Waals surface area contributed by atoms with E-state index in [4.69, 9.17) is 10.5 Å². The van der Waals surface area contributed by atoms with Gasteiger partial charge in [0.15, 0.2) is 17.5 Å². The Morgan fingerprint density at radius 1 is 1.05 bits per heavy atom. The number of nitrogens with zero attached hydrogens (tertiary/aromatic N) is 3. The summed E-state index contributed by atoms with van der Waals surface area (Å²) in [6, 6.07) is 0.971. The van der Waals surface area contributed by atoms with Gasteiger partial charge in [-0.05, 0) is 12.5 Å². The molecule has 0 unspecified atom stereocenters. The molecule has 0 aliphatic carbocycles. The predicted octanol–water partition coefficient (Wildman–Crippen LogP) is 2.33. The van der Waals surface area contributed by atoms with Gasteiger partial charge in [-0.2, -0.15) is 15.0 Å². The second-order valence-electron chi connectivity index (χ2n) is 3.89. The Balaban J connectivity index is 2.47. The summed E-state index contributed by atoms with van der Waals surface area (Å²) in [5, 5.41) is 0. The molecule has 0 bridgehead atoms. The highest BCUT2D eigenvalue weighted by atomic mass is 19.2. The van der Waals surface area contributed by atoms with Crippen LogP contribution in [0.4, 0.5) is 19.1 Å². The second kappa shape index (κ2) is 5.72. The number of nitrogen functional groups attached to an aromatic ring is 1. The van der Waals surface area contributed by atoms with Crippen LogP contribution in [0.15, 0.2) is 12.1 Å². The molecular weight excluding hydrogens is 273 g/mol. The first kappa shape index (κ1) is 14.0. The fraction of sp³-hybridized carbons (Fsp3) is 0.250. The van der Waals surface area contributed by atoms with Crippen LogP contribution < -0.4 is 10.5 Å². The first-order valence-electron chi connectivity index (χ1n) is 5.80. The summed E-state index contributed by atoms with van der Waals surface area (Å²) in [6.07, 6.45) is 0.709. The molecule has 0 radical (unpaired) electrons. The van der Waals surface area contributed by atoms with Crippen molar-refractivity contribution in [3.63, 3.8) is 0 Å². The van der Waals surface area contributed by atoms with E-state index in [1.165, 1.54) is 0 Å². The Labute approximate surface area is 112 Å². The molecule has 1 aromatic heterocycles. The van der Waals surface area contributed by atoms with Crippen LogP contribution in [0, 0.1) is 17.5 Å². The Bertz CT molecular complexity index is 636. The van der Waals surface area contributed by atoms with Crippen LogP contribution in [0.3, 0.4) is 0 Å². The zero-order chi connectivity index (χ0) is 14.7. The van der Waals surface area contributed by atoms with Crippen molar-refractivity contribution in [2.45, 2.75) is 13.3 Å². The Kier molecular flexibility index (Phi) is 4.02. The van der Waals surface area contributed by atoms with Gasteiger partial charge in [-0.25, -0.2) is 13.2 Å². The van der Waals surface area contributed by atoms with Crippen molar-refractivity contribution >= 4 is 5.95 Å². The fourth-order valence-electron chi connectivity index (χ4n) is 1.44. The van der Waals surface area contributed by atoms with Gasteiger partial charge >= 0.3 is 6.01 Å². The molecule has 0 saturated carbocycles. The lowest BCUT2D eigenvalue weighted by Gasteiger charge is -2.07. The number of rotatable bonds is 4. The highest BCUT2D eigenvalue weighted by Crippen LogP contribution is 2.23. The first-order chi connectivity index (χ1) is 9.51. The smallest absolute Gasteiger partial charge is 0.321 e. The first-order valence-corrected chi connectivity index (χ1v) is 5.80. The van der Waals surface area contributed by atoms with E-state index in [1.54, 1.807) is 0 Å². The van der Waals surface area contributed by atoms with Crippen LogP contribution in [-0.4, -0.2) is 21.6 Å². The van der Waals surface area contributed by atoms with Gasteiger partial charge in [0.05, 0.1) is 12.2 Å². The van der Waals surface area contributed by atoms with Gasteiger partial charge in [0.1, 0.15) is 5.82 Å². The van der Waals surface area contributed by atoms with E-state index in [-0.39, 0.29) is 23.3 Å². The maximum atomic E-state index is 13.6. The van der Waals surface area contributed by atoms with Crippen LogP contribution in [0.1, 0.15) is 13.3 Å². The number of hydrogen-bond donors (Lipinski definition) is 1. The molecule has 2 aromatic rings. The normalized spacial score (nSPS) is 10.6. The number of halogens is 3. The third-order valence-corrected chi connectivity index (χ3v) is 2.32. The molecule has 0 aliphatic rings. The summed E-state index contributed by atoms with van der Waals surface area (Å²) >= 11 is 0. The fourth-order valence-corrected chi connectivity index (χ4v) is 1.44. The van der Waals surface area contributed by atoms with Gasteiger partial charge in [-0.15, -0.1) is 0 Å². The molecule has 0 spiro atoms. The van der Waals surface area contributed by atoms with Crippen molar-refractivity contribution in [2.24, 2.45) is 0 Å². The monoisotopic (exact) mass is 284 g/mol. The number of nitrogens with two attached hydrogens (primary N) is 1. The molecule has 8 heteroatoms. The highest BCUT2D eigenvalue weighted by Gasteiger charge is 2.16. The summed E-state index contributed by atoms with van der Waals surface area (Å²) in [4.78, 5) is 11.2. The van der Waals surface area contributed by atoms with E-state index < -0.39 is 17.5 Å². The molecule has 106 valence electrons. The predicted molar refractivity (Wildman–Crippen MR) is 65.3 cm³/mol. The molecule has 0 aliphatic heterocycles. The number of ether oxygens (including phenoxy) is 1.